The minimum absolute atomic E-state index is 0.171. The van der Waals surface area contributed by atoms with Crippen LogP contribution in [0, 0.1) is 0 Å². The third-order valence-electron chi connectivity index (χ3n) is 3.52. The first-order valence-electron chi connectivity index (χ1n) is 7.00. The molecule has 1 aromatic carbocycles. The Bertz CT molecular complexity index is 635. The van der Waals surface area contributed by atoms with Gasteiger partial charge in [-0.3, -0.25) is 9.69 Å². The third kappa shape index (κ3) is 3.64. The highest BCUT2D eigenvalue weighted by molar-refractivity contribution is 9.10. The molecule has 1 saturated heterocycles. The van der Waals surface area contributed by atoms with Gasteiger partial charge in [-0.1, -0.05) is 15.9 Å². The summed E-state index contributed by atoms with van der Waals surface area (Å²) in [5, 5.41) is 3.81. The van der Waals surface area contributed by atoms with Crippen LogP contribution in [0.15, 0.2) is 33.2 Å². The van der Waals surface area contributed by atoms with Crippen LogP contribution in [0.2, 0.25) is 0 Å². The molecule has 0 saturated carbocycles. The van der Waals surface area contributed by atoms with Crippen molar-refractivity contribution in [2.45, 2.75) is 0 Å². The van der Waals surface area contributed by atoms with Crippen LogP contribution < -0.4 is 5.32 Å². The summed E-state index contributed by atoms with van der Waals surface area (Å²) >= 11 is 3.41. The van der Waals surface area contributed by atoms with Gasteiger partial charge in [0.25, 0.3) is 5.91 Å². The third-order valence-corrected chi connectivity index (χ3v) is 4.01. The van der Waals surface area contributed by atoms with Crippen LogP contribution in [0.1, 0.15) is 10.6 Å². The fourth-order valence-electron chi connectivity index (χ4n) is 2.37. The molecule has 3 rings (SSSR count). The number of benzene rings is 1. The van der Waals surface area contributed by atoms with Crippen LogP contribution in [-0.2, 0) is 4.74 Å². The van der Waals surface area contributed by atoms with E-state index in [9.17, 15) is 4.79 Å². The Balaban J connectivity index is 1.56. The van der Waals surface area contributed by atoms with Crippen molar-refractivity contribution >= 4 is 32.8 Å². The monoisotopic (exact) mass is 352 g/mol. The van der Waals surface area contributed by atoms with E-state index in [4.69, 9.17) is 9.15 Å². The highest BCUT2D eigenvalue weighted by Gasteiger charge is 2.14. The van der Waals surface area contributed by atoms with Crippen molar-refractivity contribution in [1.29, 1.82) is 0 Å². The van der Waals surface area contributed by atoms with E-state index in [1.807, 2.05) is 18.2 Å². The van der Waals surface area contributed by atoms with Gasteiger partial charge in [0, 0.05) is 36.0 Å². The fraction of sp³-hybridized carbons (Fsp3) is 0.400. The average molecular weight is 353 g/mol. The van der Waals surface area contributed by atoms with Crippen molar-refractivity contribution in [2.75, 3.05) is 39.4 Å². The van der Waals surface area contributed by atoms with E-state index in [-0.39, 0.29) is 5.91 Å². The van der Waals surface area contributed by atoms with Crippen molar-refractivity contribution in [1.82, 2.24) is 10.2 Å². The molecule has 5 nitrogen and oxygen atoms in total. The summed E-state index contributed by atoms with van der Waals surface area (Å²) < 4.78 is 11.8. The molecule has 1 aliphatic rings. The summed E-state index contributed by atoms with van der Waals surface area (Å²) in [5.41, 5.74) is 0.719. The minimum Gasteiger partial charge on any atom is -0.451 e. The van der Waals surface area contributed by atoms with Crippen LogP contribution >= 0.6 is 15.9 Å². The van der Waals surface area contributed by atoms with Gasteiger partial charge in [0.15, 0.2) is 5.76 Å². The molecule has 0 atom stereocenters. The lowest BCUT2D eigenvalue weighted by molar-refractivity contribution is 0.0382. The second-order valence-electron chi connectivity index (χ2n) is 5.00. The number of morpholine rings is 1. The first-order chi connectivity index (χ1) is 10.2. The van der Waals surface area contributed by atoms with E-state index in [2.05, 4.69) is 26.1 Å². The lowest BCUT2D eigenvalue weighted by Gasteiger charge is -2.26. The van der Waals surface area contributed by atoms with E-state index >= 15 is 0 Å². The van der Waals surface area contributed by atoms with Crippen LogP contribution in [0.4, 0.5) is 0 Å². The Hall–Kier alpha value is -1.37. The molecule has 0 unspecified atom stereocenters. The van der Waals surface area contributed by atoms with Crippen LogP contribution in [0.3, 0.4) is 0 Å². The van der Waals surface area contributed by atoms with Crippen molar-refractivity contribution in [3.05, 3.63) is 34.5 Å². The number of halogens is 1. The van der Waals surface area contributed by atoms with Gasteiger partial charge < -0.3 is 14.5 Å². The molecule has 1 N–H and O–H groups in total. The predicted octanol–water partition coefficient (Wildman–Crippen LogP) is 2.26. The molecule has 2 aromatic rings. The molecule has 1 aliphatic heterocycles. The Morgan fingerprint density at radius 3 is 2.90 bits per heavy atom. The molecule has 21 heavy (non-hydrogen) atoms. The Morgan fingerprint density at radius 1 is 1.29 bits per heavy atom. The zero-order valence-corrected chi connectivity index (χ0v) is 13.2. The first kappa shape index (κ1) is 14.6. The number of hydrogen-bond donors (Lipinski definition) is 1. The van der Waals surface area contributed by atoms with E-state index in [1.54, 1.807) is 6.07 Å². The quantitative estimate of drug-likeness (QED) is 0.916. The topological polar surface area (TPSA) is 54.7 Å². The Morgan fingerprint density at radius 2 is 2.10 bits per heavy atom. The zero-order valence-electron chi connectivity index (χ0n) is 11.6. The number of carbonyl (C=O) groups is 1. The van der Waals surface area contributed by atoms with Gasteiger partial charge in [-0.25, -0.2) is 0 Å². The van der Waals surface area contributed by atoms with Gasteiger partial charge in [-0.05, 0) is 24.3 Å². The summed E-state index contributed by atoms with van der Waals surface area (Å²) in [4.78, 5) is 14.4. The van der Waals surface area contributed by atoms with E-state index in [0.717, 1.165) is 48.3 Å². The number of amides is 1. The lowest BCUT2D eigenvalue weighted by Crippen LogP contribution is -2.41. The maximum Gasteiger partial charge on any atom is 0.287 e. The number of furan rings is 1. The van der Waals surface area contributed by atoms with E-state index < -0.39 is 0 Å². The van der Waals surface area contributed by atoms with Crippen LogP contribution in [0.25, 0.3) is 11.0 Å². The van der Waals surface area contributed by atoms with Gasteiger partial charge in [0.1, 0.15) is 5.58 Å². The molecule has 1 amide bonds. The maximum atomic E-state index is 12.1. The molecular formula is C15H17BrN2O3. The molecular weight excluding hydrogens is 336 g/mol. The number of carbonyl (C=O) groups excluding carboxylic acids is 1. The normalized spacial score (nSPS) is 16.2. The fourth-order valence-corrected chi connectivity index (χ4v) is 2.74. The van der Waals surface area contributed by atoms with Gasteiger partial charge in [0.05, 0.1) is 13.2 Å². The predicted molar refractivity (Wildman–Crippen MR) is 83.5 cm³/mol. The number of nitrogens with one attached hydrogen (secondary N) is 1. The van der Waals surface area contributed by atoms with Crippen molar-refractivity contribution in [2.24, 2.45) is 0 Å². The lowest BCUT2D eigenvalue weighted by atomic mass is 10.2. The van der Waals surface area contributed by atoms with E-state index in [1.165, 1.54) is 0 Å². The molecule has 0 radical (unpaired) electrons. The van der Waals surface area contributed by atoms with E-state index in [0.29, 0.717) is 12.3 Å². The van der Waals surface area contributed by atoms with Crippen molar-refractivity contribution in [3.63, 3.8) is 0 Å². The van der Waals surface area contributed by atoms with Crippen LogP contribution in [0.5, 0.6) is 0 Å². The number of nitrogens with zero attached hydrogens (tertiary/aromatic N) is 1. The zero-order chi connectivity index (χ0) is 14.7. The van der Waals surface area contributed by atoms with Gasteiger partial charge >= 0.3 is 0 Å². The summed E-state index contributed by atoms with van der Waals surface area (Å²) in [5.74, 6) is 0.181. The minimum atomic E-state index is -0.171. The van der Waals surface area contributed by atoms with Crippen LogP contribution in [-0.4, -0.2) is 50.2 Å². The average Bonchev–Trinajstić information content (AvgIpc) is 2.91. The highest BCUT2D eigenvalue weighted by Crippen LogP contribution is 2.23. The maximum absolute atomic E-state index is 12.1. The first-order valence-corrected chi connectivity index (χ1v) is 7.79. The highest BCUT2D eigenvalue weighted by atomic mass is 79.9. The molecule has 0 spiro atoms. The summed E-state index contributed by atoms with van der Waals surface area (Å²) in [7, 11) is 0. The number of rotatable bonds is 4. The molecule has 0 bridgehead atoms. The number of hydrogen-bond acceptors (Lipinski definition) is 4. The molecule has 1 aromatic heterocycles. The van der Waals surface area contributed by atoms with Gasteiger partial charge in [0.2, 0.25) is 0 Å². The molecule has 2 heterocycles. The van der Waals surface area contributed by atoms with Crippen molar-refractivity contribution in [3.8, 4) is 0 Å². The Labute approximate surface area is 131 Å². The molecule has 6 heteroatoms. The molecule has 0 aliphatic carbocycles. The largest absolute Gasteiger partial charge is 0.451 e. The Kier molecular flexibility index (Phi) is 4.57. The smallest absolute Gasteiger partial charge is 0.287 e. The van der Waals surface area contributed by atoms with Gasteiger partial charge in [-0.15, -0.1) is 0 Å². The SMILES string of the molecule is O=C(NCCN1CCOCC1)c1cc2cc(Br)ccc2o1. The van der Waals surface area contributed by atoms with Gasteiger partial charge in [-0.2, -0.15) is 0 Å². The summed E-state index contributed by atoms with van der Waals surface area (Å²) in [6, 6.07) is 7.45. The second kappa shape index (κ2) is 6.60. The molecule has 112 valence electrons. The number of ether oxygens (including phenoxy) is 1. The summed E-state index contributed by atoms with van der Waals surface area (Å²) in [6.07, 6.45) is 0. The summed E-state index contributed by atoms with van der Waals surface area (Å²) in [6.45, 7) is 4.84. The number of fused-ring (bicyclic) bond motifs is 1. The van der Waals surface area contributed by atoms with Crippen molar-refractivity contribution < 1.29 is 13.9 Å². The molecule has 1 fully saturated rings. The standard InChI is InChI=1S/C15H17BrN2O3/c16-12-1-2-13-11(9-12)10-14(21-13)15(19)17-3-4-18-5-7-20-8-6-18/h1-2,9-10H,3-8H2,(H,17,19). The second-order valence-corrected chi connectivity index (χ2v) is 5.92.